The van der Waals surface area contributed by atoms with E-state index in [1.807, 2.05) is 0 Å². The fourth-order valence-corrected chi connectivity index (χ4v) is 5.30. The molecule has 2 aromatic rings. The summed E-state index contributed by atoms with van der Waals surface area (Å²) in [7, 11) is -4.07. The van der Waals surface area contributed by atoms with E-state index in [2.05, 4.69) is 4.74 Å². The number of benzene rings is 2. The molecule has 0 bridgehead atoms. The molecule has 1 unspecified atom stereocenters. The Bertz CT molecular complexity index is 1190. The van der Waals surface area contributed by atoms with E-state index in [0.29, 0.717) is 6.07 Å². The summed E-state index contributed by atoms with van der Waals surface area (Å²) < 4.78 is 101. The van der Waals surface area contributed by atoms with E-state index >= 15 is 0 Å². The molecule has 1 aliphatic rings. The van der Waals surface area contributed by atoms with Gasteiger partial charge in [0.1, 0.15) is 11.6 Å². The molecule has 1 atom stereocenters. The molecule has 0 radical (unpaired) electrons. The number of hydrogen-bond donors (Lipinski definition) is 0. The highest BCUT2D eigenvalue weighted by atomic mass is 32.2. The van der Waals surface area contributed by atoms with Gasteiger partial charge in [-0.05, 0) is 57.2 Å². The molecule has 1 amide bonds. The molecule has 2 aromatic carbocycles. The van der Waals surface area contributed by atoms with Crippen LogP contribution < -0.4 is 9.47 Å². The molecule has 0 spiro atoms. The van der Waals surface area contributed by atoms with E-state index in [1.54, 1.807) is 6.92 Å². The molecule has 0 aromatic heterocycles. The van der Waals surface area contributed by atoms with Crippen LogP contribution in [0.3, 0.4) is 0 Å². The van der Waals surface area contributed by atoms with Gasteiger partial charge in [-0.3, -0.25) is 4.79 Å². The van der Waals surface area contributed by atoms with Gasteiger partial charge in [0.25, 0.3) is 5.91 Å². The summed E-state index contributed by atoms with van der Waals surface area (Å²) in [5, 5.41) is 0. The summed E-state index contributed by atoms with van der Waals surface area (Å²) in [5.74, 6) is -3.16. The Morgan fingerprint density at radius 3 is 2.17 bits per heavy atom. The molecule has 0 aliphatic carbocycles. The lowest BCUT2D eigenvalue weighted by Crippen LogP contribution is -2.59. The van der Waals surface area contributed by atoms with Crippen molar-refractivity contribution in [3.8, 4) is 11.5 Å². The van der Waals surface area contributed by atoms with Gasteiger partial charge in [-0.25, -0.2) is 17.2 Å². The van der Waals surface area contributed by atoms with Crippen LogP contribution in [-0.4, -0.2) is 61.2 Å². The minimum Gasteiger partial charge on any atom is -0.475 e. The van der Waals surface area contributed by atoms with Crippen LogP contribution in [0.1, 0.15) is 20.8 Å². The van der Waals surface area contributed by atoms with Crippen molar-refractivity contribution in [3.05, 3.63) is 54.1 Å². The van der Waals surface area contributed by atoms with Crippen LogP contribution in [0.25, 0.3) is 0 Å². The van der Waals surface area contributed by atoms with E-state index < -0.39 is 51.3 Å². The Morgan fingerprint density at radius 1 is 1.00 bits per heavy atom. The Kier molecular flexibility index (Phi) is 7.32. The summed E-state index contributed by atoms with van der Waals surface area (Å²) >= 11 is 0. The van der Waals surface area contributed by atoms with Gasteiger partial charge in [0.05, 0.1) is 4.90 Å². The first kappa shape index (κ1) is 26.7. The molecule has 1 heterocycles. The molecule has 35 heavy (non-hydrogen) atoms. The SMILES string of the molecule is CC1CN(C(=O)C(C)(C)Oc2ccc(F)cc2F)CCN1S(=O)(=O)c1ccc(OC(F)(F)F)cc1. The molecule has 1 fully saturated rings. The van der Waals surface area contributed by atoms with Crippen LogP contribution >= 0.6 is 0 Å². The fraction of sp³-hybridized carbons (Fsp3) is 0.409. The third-order valence-electron chi connectivity index (χ3n) is 5.29. The highest BCUT2D eigenvalue weighted by Gasteiger charge is 2.41. The van der Waals surface area contributed by atoms with E-state index in [1.165, 1.54) is 18.7 Å². The van der Waals surface area contributed by atoms with Gasteiger partial charge in [-0.1, -0.05) is 0 Å². The number of nitrogens with zero attached hydrogens (tertiary/aromatic N) is 2. The van der Waals surface area contributed by atoms with Gasteiger partial charge in [-0.2, -0.15) is 4.31 Å². The van der Waals surface area contributed by atoms with E-state index in [9.17, 15) is 35.2 Å². The Labute approximate surface area is 199 Å². The topological polar surface area (TPSA) is 76.2 Å². The van der Waals surface area contributed by atoms with Crippen molar-refractivity contribution in [2.75, 3.05) is 19.6 Å². The van der Waals surface area contributed by atoms with Crippen LogP contribution in [0.4, 0.5) is 22.0 Å². The predicted octanol–water partition coefficient (Wildman–Crippen LogP) is 3.94. The standard InChI is InChI=1S/C22H23F5N2O5S/c1-14-13-28(20(30)21(2,3)34-19-9-4-15(23)12-18(19)24)10-11-29(14)35(31,32)17-7-5-16(6-8-17)33-22(25,26)27/h4-9,12,14H,10-11,13H2,1-3H3. The Balaban J connectivity index is 1.69. The predicted molar refractivity (Wildman–Crippen MR) is 114 cm³/mol. The number of rotatable bonds is 6. The number of alkyl halides is 3. The van der Waals surface area contributed by atoms with Gasteiger partial charge < -0.3 is 14.4 Å². The lowest BCUT2D eigenvalue weighted by molar-refractivity contribution is -0.274. The number of piperazine rings is 1. The Morgan fingerprint density at radius 2 is 1.63 bits per heavy atom. The minimum absolute atomic E-state index is 0.00361. The summed E-state index contributed by atoms with van der Waals surface area (Å²) in [4.78, 5) is 14.2. The highest BCUT2D eigenvalue weighted by molar-refractivity contribution is 7.89. The van der Waals surface area contributed by atoms with Crippen molar-refractivity contribution >= 4 is 15.9 Å². The van der Waals surface area contributed by atoms with E-state index in [-0.39, 0.29) is 30.3 Å². The van der Waals surface area contributed by atoms with Gasteiger partial charge >= 0.3 is 6.36 Å². The number of halogens is 5. The maximum atomic E-state index is 14.0. The monoisotopic (exact) mass is 522 g/mol. The number of hydrogen-bond acceptors (Lipinski definition) is 5. The molecule has 13 heteroatoms. The smallest absolute Gasteiger partial charge is 0.475 e. The van der Waals surface area contributed by atoms with Crippen molar-refractivity contribution < 1.29 is 44.6 Å². The second kappa shape index (κ2) is 9.61. The highest BCUT2D eigenvalue weighted by Crippen LogP contribution is 2.28. The maximum Gasteiger partial charge on any atom is 0.573 e. The fourth-order valence-electron chi connectivity index (χ4n) is 3.69. The quantitative estimate of drug-likeness (QED) is 0.538. The molecule has 0 saturated carbocycles. The molecule has 0 N–H and O–H groups in total. The van der Waals surface area contributed by atoms with Crippen LogP contribution in [0.15, 0.2) is 47.4 Å². The van der Waals surface area contributed by atoms with Crippen molar-refractivity contribution in [1.29, 1.82) is 0 Å². The van der Waals surface area contributed by atoms with Crippen molar-refractivity contribution in [2.24, 2.45) is 0 Å². The zero-order valence-corrected chi connectivity index (χ0v) is 19.8. The van der Waals surface area contributed by atoms with Crippen LogP contribution in [0.5, 0.6) is 11.5 Å². The van der Waals surface area contributed by atoms with Gasteiger partial charge in [-0.15, -0.1) is 13.2 Å². The van der Waals surface area contributed by atoms with Crippen LogP contribution in [0, 0.1) is 11.6 Å². The number of sulfonamides is 1. The molecular formula is C22H23F5N2O5S. The van der Waals surface area contributed by atoms with Crippen LogP contribution in [-0.2, 0) is 14.8 Å². The molecule has 192 valence electrons. The number of amides is 1. The van der Waals surface area contributed by atoms with Gasteiger partial charge in [0, 0.05) is 31.7 Å². The first-order valence-corrected chi connectivity index (χ1v) is 11.9. The molecule has 1 aliphatic heterocycles. The lowest BCUT2D eigenvalue weighted by atomic mass is 10.1. The first-order valence-electron chi connectivity index (χ1n) is 10.4. The maximum absolute atomic E-state index is 14.0. The summed E-state index contributed by atoms with van der Waals surface area (Å²) in [6.45, 7) is 4.30. The van der Waals surface area contributed by atoms with Gasteiger partial charge in [0.2, 0.25) is 10.0 Å². The summed E-state index contributed by atoms with van der Waals surface area (Å²) in [5.41, 5.74) is -1.53. The number of carbonyl (C=O) groups is 1. The number of carbonyl (C=O) groups excluding carboxylic acids is 1. The second-order valence-corrected chi connectivity index (χ2v) is 10.3. The average molecular weight is 522 g/mol. The summed E-state index contributed by atoms with van der Waals surface area (Å²) in [6.07, 6.45) is -4.91. The van der Waals surface area contributed by atoms with E-state index in [0.717, 1.165) is 40.7 Å². The summed E-state index contributed by atoms with van der Waals surface area (Å²) in [6, 6.07) is 5.83. The zero-order chi connectivity index (χ0) is 26.2. The molecule has 1 saturated heterocycles. The van der Waals surface area contributed by atoms with Gasteiger partial charge in [0.15, 0.2) is 17.2 Å². The molecule has 3 rings (SSSR count). The second-order valence-electron chi connectivity index (χ2n) is 8.42. The van der Waals surface area contributed by atoms with E-state index in [4.69, 9.17) is 4.74 Å². The number of ether oxygens (including phenoxy) is 2. The third kappa shape index (κ3) is 6.20. The van der Waals surface area contributed by atoms with Crippen molar-refractivity contribution in [1.82, 2.24) is 9.21 Å². The zero-order valence-electron chi connectivity index (χ0n) is 19.0. The molecule has 7 nitrogen and oxygen atoms in total. The third-order valence-corrected chi connectivity index (χ3v) is 7.32. The Hall–Kier alpha value is -2.93. The van der Waals surface area contributed by atoms with Crippen molar-refractivity contribution in [2.45, 2.75) is 43.7 Å². The molecular weight excluding hydrogens is 499 g/mol. The van der Waals surface area contributed by atoms with Crippen molar-refractivity contribution in [3.63, 3.8) is 0 Å². The first-order chi connectivity index (χ1) is 16.1. The minimum atomic E-state index is -4.91. The largest absolute Gasteiger partial charge is 0.573 e. The lowest BCUT2D eigenvalue weighted by Gasteiger charge is -2.41. The normalized spacial score (nSPS) is 17.8. The average Bonchev–Trinajstić information content (AvgIpc) is 2.74. The van der Waals surface area contributed by atoms with Crippen LogP contribution in [0.2, 0.25) is 0 Å².